The second kappa shape index (κ2) is 5.34. The Balaban J connectivity index is 1.54. The van der Waals surface area contributed by atoms with Gasteiger partial charge in [-0.1, -0.05) is 0 Å². The minimum Gasteiger partial charge on any atom is -0.328 e. The molecule has 0 bridgehead atoms. The molecule has 1 N–H and O–H groups in total. The van der Waals surface area contributed by atoms with Gasteiger partial charge >= 0.3 is 6.03 Å². The molecule has 8 nitrogen and oxygen atoms in total. The number of aromatic nitrogens is 3. The first-order valence-corrected chi connectivity index (χ1v) is 7.24. The minimum absolute atomic E-state index is 0.170. The Morgan fingerprint density at radius 1 is 1.33 bits per heavy atom. The third-order valence-corrected chi connectivity index (χ3v) is 3.98. The molecule has 2 heterocycles. The SMILES string of the molecule is CC(NC(=O)N1CCN(C(=O)C2CC2)C1)c1ncnn1C. The van der Waals surface area contributed by atoms with Crippen LogP contribution in [0.1, 0.15) is 31.6 Å². The van der Waals surface area contributed by atoms with Crippen molar-refractivity contribution in [2.24, 2.45) is 13.0 Å². The zero-order valence-corrected chi connectivity index (χ0v) is 12.3. The van der Waals surface area contributed by atoms with Gasteiger partial charge < -0.3 is 15.1 Å². The highest BCUT2D eigenvalue weighted by atomic mass is 16.2. The van der Waals surface area contributed by atoms with E-state index in [0.29, 0.717) is 25.6 Å². The van der Waals surface area contributed by atoms with E-state index in [4.69, 9.17) is 0 Å². The maximum atomic E-state index is 12.2. The average Bonchev–Trinajstić information content (AvgIpc) is 3.02. The average molecular weight is 292 g/mol. The summed E-state index contributed by atoms with van der Waals surface area (Å²) in [6.07, 6.45) is 3.44. The Morgan fingerprint density at radius 2 is 2.05 bits per heavy atom. The van der Waals surface area contributed by atoms with Gasteiger partial charge in [-0.2, -0.15) is 5.10 Å². The van der Waals surface area contributed by atoms with Crippen molar-refractivity contribution in [3.63, 3.8) is 0 Å². The van der Waals surface area contributed by atoms with E-state index < -0.39 is 0 Å². The molecule has 114 valence electrons. The molecule has 3 amide bonds. The van der Waals surface area contributed by atoms with Gasteiger partial charge in [0.05, 0.1) is 12.7 Å². The third-order valence-electron chi connectivity index (χ3n) is 3.98. The van der Waals surface area contributed by atoms with E-state index >= 15 is 0 Å². The molecule has 1 atom stereocenters. The lowest BCUT2D eigenvalue weighted by atomic mass is 10.3. The number of rotatable bonds is 3. The molecule has 1 aromatic heterocycles. The normalized spacial score (nSPS) is 19.7. The molecule has 1 aromatic rings. The van der Waals surface area contributed by atoms with Gasteiger partial charge in [-0.15, -0.1) is 0 Å². The van der Waals surface area contributed by atoms with E-state index in [1.807, 2.05) is 6.92 Å². The molecule has 1 saturated heterocycles. The summed E-state index contributed by atoms with van der Waals surface area (Å²) in [4.78, 5) is 31.8. The first-order chi connectivity index (χ1) is 10.1. The van der Waals surface area contributed by atoms with Gasteiger partial charge in [0, 0.05) is 26.1 Å². The van der Waals surface area contributed by atoms with E-state index in [2.05, 4.69) is 15.4 Å². The van der Waals surface area contributed by atoms with Crippen molar-refractivity contribution in [1.82, 2.24) is 29.9 Å². The number of nitrogens with zero attached hydrogens (tertiary/aromatic N) is 5. The molecule has 8 heteroatoms. The summed E-state index contributed by atoms with van der Waals surface area (Å²) in [5.41, 5.74) is 0. The zero-order chi connectivity index (χ0) is 15.0. The van der Waals surface area contributed by atoms with E-state index in [9.17, 15) is 9.59 Å². The van der Waals surface area contributed by atoms with Crippen LogP contribution in [0.15, 0.2) is 6.33 Å². The van der Waals surface area contributed by atoms with Crippen molar-refractivity contribution >= 4 is 11.9 Å². The molecular weight excluding hydrogens is 272 g/mol. The number of amides is 3. The Kier molecular flexibility index (Phi) is 3.52. The molecule has 21 heavy (non-hydrogen) atoms. The molecule has 3 rings (SSSR count). The van der Waals surface area contributed by atoms with Crippen molar-refractivity contribution in [2.75, 3.05) is 19.8 Å². The largest absolute Gasteiger partial charge is 0.328 e. The molecule has 0 radical (unpaired) electrons. The van der Waals surface area contributed by atoms with Gasteiger partial charge in [-0.3, -0.25) is 9.48 Å². The van der Waals surface area contributed by atoms with Crippen LogP contribution in [-0.2, 0) is 11.8 Å². The summed E-state index contributed by atoms with van der Waals surface area (Å²) in [5, 5.41) is 6.89. The summed E-state index contributed by atoms with van der Waals surface area (Å²) in [6.45, 7) is 3.45. The summed E-state index contributed by atoms with van der Waals surface area (Å²) in [6, 6.07) is -0.394. The topological polar surface area (TPSA) is 83.4 Å². The highest BCUT2D eigenvalue weighted by molar-refractivity contribution is 5.82. The summed E-state index contributed by atoms with van der Waals surface area (Å²) >= 11 is 0. The van der Waals surface area contributed by atoms with Crippen LogP contribution in [0.3, 0.4) is 0 Å². The lowest BCUT2D eigenvalue weighted by Crippen LogP contribution is -2.42. The van der Waals surface area contributed by atoms with Crippen LogP contribution in [0, 0.1) is 5.92 Å². The standard InChI is InChI=1S/C13H20N6O2/c1-9(11-14-7-15-17(11)2)16-13(21)19-6-5-18(8-19)12(20)10-3-4-10/h7,9-10H,3-6,8H2,1-2H3,(H,16,21). The monoisotopic (exact) mass is 292 g/mol. The number of aryl methyl sites for hydroxylation is 1. The van der Waals surface area contributed by atoms with Crippen LogP contribution in [0.2, 0.25) is 0 Å². The van der Waals surface area contributed by atoms with E-state index in [0.717, 1.165) is 12.8 Å². The maximum absolute atomic E-state index is 12.2. The first kappa shape index (κ1) is 13.8. The summed E-state index contributed by atoms with van der Waals surface area (Å²) in [5.74, 6) is 1.09. The van der Waals surface area contributed by atoms with Crippen molar-refractivity contribution < 1.29 is 9.59 Å². The fourth-order valence-corrected chi connectivity index (χ4v) is 2.56. The number of hydrogen-bond donors (Lipinski definition) is 1. The Labute approximate surface area is 123 Å². The number of carbonyl (C=O) groups excluding carboxylic acids is 2. The lowest BCUT2D eigenvalue weighted by molar-refractivity contribution is -0.131. The molecule has 1 aliphatic heterocycles. The number of hydrogen-bond acceptors (Lipinski definition) is 4. The smallest absolute Gasteiger partial charge is 0.319 e. The number of carbonyl (C=O) groups is 2. The van der Waals surface area contributed by atoms with E-state index in [1.165, 1.54) is 6.33 Å². The van der Waals surface area contributed by atoms with Gasteiger partial charge in [0.25, 0.3) is 0 Å². The molecule has 2 fully saturated rings. The van der Waals surface area contributed by atoms with Crippen LogP contribution < -0.4 is 5.32 Å². The Bertz CT molecular complexity index is 553. The maximum Gasteiger partial charge on any atom is 0.319 e. The molecule has 1 saturated carbocycles. The fourth-order valence-electron chi connectivity index (χ4n) is 2.56. The molecule has 0 aromatic carbocycles. The molecule has 1 unspecified atom stereocenters. The summed E-state index contributed by atoms with van der Waals surface area (Å²) < 4.78 is 1.64. The molecule has 2 aliphatic rings. The predicted octanol–water partition coefficient (Wildman–Crippen LogP) is 0.0974. The van der Waals surface area contributed by atoms with Crippen molar-refractivity contribution in [2.45, 2.75) is 25.8 Å². The first-order valence-electron chi connectivity index (χ1n) is 7.24. The van der Waals surface area contributed by atoms with Gasteiger partial charge in [0.2, 0.25) is 5.91 Å². The number of urea groups is 1. The van der Waals surface area contributed by atoms with Crippen molar-refractivity contribution in [1.29, 1.82) is 0 Å². The third kappa shape index (κ3) is 2.84. The Morgan fingerprint density at radius 3 is 2.67 bits per heavy atom. The highest BCUT2D eigenvalue weighted by Crippen LogP contribution is 2.31. The Hall–Kier alpha value is -2.12. The molecule has 1 aliphatic carbocycles. The second-order valence-corrected chi connectivity index (χ2v) is 5.69. The van der Waals surface area contributed by atoms with E-state index in [-0.39, 0.29) is 23.9 Å². The lowest BCUT2D eigenvalue weighted by Gasteiger charge is -2.21. The highest BCUT2D eigenvalue weighted by Gasteiger charge is 2.37. The second-order valence-electron chi connectivity index (χ2n) is 5.69. The van der Waals surface area contributed by atoms with Crippen LogP contribution >= 0.6 is 0 Å². The van der Waals surface area contributed by atoms with Gasteiger partial charge in [0.1, 0.15) is 12.2 Å². The van der Waals surface area contributed by atoms with Crippen molar-refractivity contribution in [3.8, 4) is 0 Å². The van der Waals surface area contributed by atoms with E-state index in [1.54, 1.807) is 21.5 Å². The zero-order valence-electron chi connectivity index (χ0n) is 12.3. The van der Waals surface area contributed by atoms with Crippen LogP contribution in [0.25, 0.3) is 0 Å². The van der Waals surface area contributed by atoms with Crippen LogP contribution in [-0.4, -0.2) is 56.3 Å². The van der Waals surface area contributed by atoms with Gasteiger partial charge in [0.15, 0.2) is 0 Å². The molecular formula is C13H20N6O2. The summed E-state index contributed by atoms with van der Waals surface area (Å²) in [7, 11) is 1.79. The predicted molar refractivity (Wildman–Crippen MR) is 74.0 cm³/mol. The van der Waals surface area contributed by atoms with Gasteiger partial charge in [-0.25, -0.2) is 9.78 Å². The molecule has 0 spiro atoms. The van der Waals surface area contributed by atoms with Crippen LogP contribution in [0.5, 0.6) is 0 Å². The quantitative estimate of drug-likeness (QED) is 0.856. The van der Waals surface area contributed by atoms with Gasteiger partial charge in [-0.05, 0) is 19.8 Å². The van der Waals surface area contributed by atoms with Crippen molar-refractivity contribution in [3.05, 3.63) is 12.2 Å². The van der Waals surface area contributed by atoms with Crippen LogP contribution in [0.4, 0.5) is 4.79 Å². The number of nitrogens with one attached hydrogen (secondary N) is 1. The fraction of sp³-hybridized carbons (Fsp3) is 0.692. The minimum atomic E-state index is -0.224.